The quantitative estimate of drug-likeness (QED) is 0.0664. The van der Waals surface area contributed by atoms with Crippen molar-refractivity contribution in [2.24, 2.45) is 0 Å². The molecule has 0 heterocycles. The lowest BCUT2D eigenvalue weighted by atomic mass is 10.1. The van der Waals surface area contributed by atoms with Crippen LogP contribution in [0.1, 0.15) is 253 Å². The van der Waals surface area contributed by atoms with Gasteiger partial charge in [0.15, 0.2) is 0 Å². The average molecular weight is 727 g/mol. The molecule has 5 nitrogen and oxygen atoms in total. The predicted molar refractivity (Wildman–Crippen MR) is 226 cm³/mol. The molecular weight excluding hydrogens is 641 g/mol. The summed E-state index contributed by atoms with van der Waals surface area (Å²) in [5.41, 5.74) is 1.10. The van der Waals surface area contributed by atoms with Crippen molar-refractivity contribution in [3.05, 3.63) is 29.3 Å². The Morgan fingerprint density at radius 2 is 0.750 bits per heavy atom. The van der Waals surface area contributed by atoms with Gasteiger partial charge in [-0.2, -0.15) is 0 Å². The Kier molecular flexibility index (Phi) is 34.4. The maximum atomic E-state index is 13.2. The van der Waals surface area contributed by atoms with E-state index in [2.05, 4.69) is 31.4 Å². The first-order chi connectivity index (χ1) is 25.6. The molecule has 0 fully saturated rings. The summed E-state index contributed by atoms with van der Waals surface area (Å²) >= 11 is 0. The second-order valence-electron chi connectivity index (χ2n) is 15.7. The van der Waals surface area contributed by atoms with Crippen LogP contribution in [0.5, 0.6) is 5.75 Å². The first-order valence-electron chi connectivity index (χ1n) is 23.0. The van der Waals surface area contributed by atoms with Gasteiger partial charge < -0.3 is 15.4 Å². The summed E-state index contributed by atoms with van der Waals surface area (Å²) in [7, 11) is 0. The number of carbonyl (C=O) groups is 2. The van der Waals surface area contributed by atoms with Crippen molar-refractivity contribution in [1.29, 1.82) is 0 Å². The molecule has 2 N–H and O–H groups in total. The van der Waals surface area contributed by atoms with Crippen LogP contribution in [0.3, 0.4) is 0 Å². The van der Waals surface area contributed by atoms with E-state index in [0.29, 0.717) is 36.6 Å². The lowest BCUT2D eigenvalue weighted by molar-refractivity contribution is 0.0937. The molecule has 1 aromatic carbocycles. The van der Waals surface area contributed by atoms with Crippen LogP contribution in [-0.2, 0) is 0 Å². The van der Waals surface area contributed by atoms with Gasteiger partial charge in [-0.15, -0.1) is 0 Å². The van der Waals surface area contributed by atoms with Gasteiger partial charge in [-0.3, -0.25) is 9.59 Å². The second kappa shape index (κ2) is 37.3. The van der Waals surface area contributed by atoms with E-state index in [9.17, 15) is 9.59 Å². The van der Waals surface area contributed by atoms with E-state index in [-0.39, 0.29) is 11.8 Å². The highest BCUT2D eigenvalue weighted by Gasteiger charge is 2.16. The monoisotopic (exact) mass is 727 g/mol. The molecule has 2 amide bonds. The molecule has 0 aliphatic carbocycles. The molecule has 1 aromatic rings. The summed E-state index contributed by atoms with van der Waals surface area (Å²) in [6.45, 7) is 8.74. The summed E-state index contributed by atoms with van der Waals surface area (Å²) < 4.78 is 6.21. The fourth-order valence-corrected chi connectivity index (χ4v) is 7.10. The molecule has 52 heavy (non-hydrogen) atoms. The van der Waals surface area contributed by atoms with Crippen LogP contribution in [0.4, 0.5) is 0 Å². The Morgan fingerprint density at radius 3 is 1.13 bits per heavy atom. The van der Waals surface area contributed by atoms with Gasteiger partial charge in [0.1, 0.15) is 5.75 Å². The Morgan fingerprint density at radius 1 is 0.423 bits per heavy atom. The highest BCUT2D eigenvalue weighted by atomic mass is 16.5. The summed E-state index contributed by atoms with van der Waals surface area (Å²) in [6, 6.07) is 5.34. The van der Waals surface area contributed by atoms with E-state index in [1.807, 2.05) is 0 Å². The zero-order valence-corrected chi connectivity index (χ0v) is 34.9. The topological polar surface area (TPSA) is 67.4 Å². The number of amides is 2. The predicted octanol–water partition coefficient (Wildman–Crippen LogP) is 14.5. The molecule has 0 atom stereocenters. The van der Waals surface area contributed by atoms with E-state index in [0.717, 1.165) is 38.5 Å². The van der Waals surface area contributed by atoms with Crippen LogP contribution in [0.2, 0.25) is 0 Å². The van der Waals surface area contributed by atoms with Crippen molar-refractivity contribution in [2.75, 3.05) is 19.7 Å². The van der Waals surface area contributed by atoms with Crippen molar-refractivity contribution in [1.82, 2.24) is 10.6 Å². The third-order valence-corrected chi connectivity index (χ3v) is 10.6. The van der Waals surface area contributed by atoms with Crippen LogP contribution < -0.4 is 15.4 Å². The van der Waals surface area contributed by atoms with Crippen LogP contribution in [0.15, 0.2) is 18.2 Å². The summed E-state index contributed by atoms with van der Waals surface area (Å²) in [4.78, 5) is 26.3. The fourth-order valence-electron chi connectivity index (χ4n) is 7.10. The number of unbranched alkanes of at least 4 members (excludes halogenated alkanes) is 30. The maximum absolute atomic E-state index is 13.2. The fraction of sp³-hybridized carbons (Fsp3) is 0.830. The van der Waals surface area contributed by atoms with Gasteiger partial charge in [0.2, 0.25) is 0 Å². The Balaban J connectivity index is 2.44. The third kappa shape index (κ3) is 28.5. The Bertz CT molecular complexity index is 949. The van der Waals surface area contributed by atoms with Gasteiger partial charge in [-0.1, -0.05) is 213 Å². The lowest BCUT2D eigenvalue weighted by Gasteiger charge is -2.14. The minimum absolute atomic E-state index is 0.0838. The minimum atomic E-state index is -0.103. The summed E-state index contributed by atoms with van der Waals surface area (Å²) in [6.07, 6.45) is 42.6. The molecule has 0 aliphatic heterocycles. The molecule has 0 bridgehead atoms. The first kappa shape index (κ1) is 48.0. The van der Waals surface area contributed by atoms with E-state index >= 15 is 0 Å². The van der Waals surface area contributed by atoms with Crippen LogP contribution in [0.25, 0.3) is 0 Å². The standard InChI is InChI=1S/C47H86N2O3/c1-4-7-10-13-16-19-21-23-25-28-31-34-39-48-46(50)43-37-38-44(45(42-43)52-41-36-33-30-27-18-15-12-9-6-3)47(51)49-40-35-32-29-26-24-22-20-17-14-11-8-5-2/h37-38,42H,4-36,39-41H2,1-3H3,(H,48,50)(H,49,51). The molecule has 5 heteroatoms. The van der Waals surface area contributed by atoms with Gasteiger partial charge in [0.25, 0.3) is 11.8 Å². The molecule has 0 saturated carbocycles. The van der Waals surface area contributed by atoms with E-state index in [1.165, 1.54) is 173 Å². The second-order valence-corrected chi connectivity index (χ2v) is 15.7. The number of nitrogens with one attached hydrogen (secondary N) is 2. The number of hydrogen-bond donors (Lipinski definition) is 2. The van der Waals surface area contributed by atoms with Gasteiger partial charge in [-0.25, -0.2) is 0 Å². The van der Waals surface area contributed by atoms with E-state index < -0.39 is 0 Å². The van der Waals surface area contributed by atoms with Gasteiger partial charge in [0, 0.05) is 18.7 Å². The summed E-state index contributed by atoms with van der Waals surface area (Å²) in [5, 5.41) is 6.23. The van der Waals surface area contributed by atoms with Gasteiger partial charge >= 0.3 is 0 Å². The molecule has 0 radical (unpaired) electrons. The molecule has 0 aromatic heterocycles. The number of rotatable bonds is 39. The molecule has 0 unspecified atom stereocenters. The molecule has 0 spiro atoms. The SMILES string of the molecule is CCCCCCCCCCCCCCNC(=O)c1ccc(C(=O)NCCCCCCCCCCCCCC)c(OCCCCCCCCCCC)c1. The van der Waals surface area contributed by atoms with Crippen LogP contribution in [-0.4, -0.2) is 31.5 Å². The molecule has 0 saturated heterocycles. The Labute approximate surface area is 323 Å². The van der Waals surface area contributed by atoms with Crippen LogP contribution >= 0.6 is 0 Å². The normalized spacial score (nSPS) is 11.2. The number of benzene rings is 1. The first-order valence-corrected chi connectivity index (χ1v) is 23.0. The number of ether oxygens (including phenoxy) is 1. The van der Waals surface area contributed by atoms with Crippen molar-refractivity contribution in [3.63, 3.8) is 0 Å². The van der Waals surface area contributed by atoms with E-state index in [4.69, 9.17) is 4.74 Å². The zero-order chi connectivity index (χ0) is 37.6. The van der Waals surface area contributed by atoms with Crippen molar-refractivity contribution >= 4 is 11.8 Å². The zero-order valence-electron chi connectivity index (χ0n) is 34.9. The van der Waals surface area contributed by atoms with Gasteiger partial charge in [0.05, 0.1) is 12.2 Å². The molecular formula is C47H86N2O3. The van der Waals surface area contributed by atoms with Crippen molar-refractivity contribution < 1.29 is 14.3 Å². The maximum Gasteiger partial charge on any atom is 0.255 e. The highest BCUT2D eigenvalue weighted by Crippen LogP contribution is 2.22. The highest BCUT2D eigenvalue weighted by molar-refractivity contribution is 6.00. The number of hydrogen-bond acceptors (Lipinski definition) is 3. The third-order valence-electron chi connectivity index (χ3n) is 10.6. The largest absolute Gasteiger partial charge is 0.493 e. The smallest absolute Gasteiger partial charge is 0.255 e. The lowest BCUT2D eigenvalue weighted by Crippen LogP contribution is -2.26. The Hall–Kier alpha value is -2.04. The van der Waals surface area contributed by atoms with Gasteiger partial charge in [-0.05, 0) is 37.5 Å². The van der Waals surface area contributed by atoms with Crippen LogP contribution in [0, 0.1) is 0 Å². The molecule has 1 rings (SSSR count). The molecule has 0 aliphatic rings. The molecule has 302 valence electrons. The van der Waals surface area contributed by atoms with E-state index in [1.54, 1.807) is 18.2 Å². The minimum Gasteiger partial charge on any atom is -0.493 e. The average Bonchev–Trinajstić information content (AvgIpc) is 3.15. The summed E-state index contributed by atoms with van der Waals surface area (Å²) in [5.74, 6) is 0.345. The van der Waals surface area contributed by atoms with Crippen molar-refractivity contribution in [3.8, 4) is 5.75 Å². The number of carbonyl (C=O) groups excluding carboxylic acids is 2. The van der Waals surface area contributed by atoms with Crippen molar-refractivity contribution in [2.45, 2.75) is 233 Å².